The third-order valence-corrected chi connectivity index (χ3v) is 6.60. The lowest BCUT2D eigenvalue weighted by Gasteiger charge is -2.16. The number of aliphatic imine (C=N–C) groups is 1. The minimum atomic E-state index is -0.315. The number of guanidine groups is 1. The van der Waals surface area contributed by atoms with E-state index in [1.165, 1.54) is 30.6 Å². The van der Waals surface area contributed by atoms with Crippen LogP contribution in [0.4, 0.5) is 0 Å². The molecule has 178 valence electrons. The number of hydrogen-bond donors (Lipinski definition) is 2. The van der Waals surface area contributed by atoms with Crippen LogP contribution in [-0.4, -0.2) is 51.9 Å². The average Bonchev–Trinajstić information content (AvgIpc) is 3.25. The third-order valence-electron chi connectivity index (χ3n) is 5.28. The van der Waals surface area contributed by atoms with Crippen molar-refractivity contribution in [3.8, 4) is 0 Å². The van der Waals surface area contributed by atoms with Gasteiger partial charge in [0.25, 0.3) is 0 Å². The summed E-state index contributed by atoms with van der Waals surface area (Å²) in [7, 11) is 1.75. The number of fused-ring (bicyclic) bond motifs is 1. The summed E-state index contributed by atoms with van der Waals surface area (Å²) in [6, 6.07) is -0.0784. The lowest BCUT2D eigenvalue weighted by atomic mass is 10.2. The molecule has 3 rings (SSSR count). The standard InChI is InChI=1S/C21H33N7O2S.HI/c1-5-30-20(29)18-14(2)24-19(31-18)15(3)25-21(22-4)23-12-9-11-17-27-26-16-10-7-6-8-13-28(16)17;/h15H,5-13H2,1-4H3,(H2,22,23,25);1H. The highest BCUT2D eigenvalue weighted by molar-refractivity contribution is 14.0. The quantitative estimate of drug-likeness (QED) is 0.163. The predicted octanol–water partition coefficient (Wildman–Crippen LogP) is 3.42. The lowest BCUT2D eigenvalue weighted by Crippen LogP contribution is -2.39. The molecule has 0 saturated carbocycles. The van der Waals surface area contributed by atoms with Gasteiger partial charge in [-0.2, -0.15) is 0 Å². The highest BCUT2D eigenvalue weighted by Gasteiger charge is 2.20. The zero-order valence-corrected chi connectivity index (χ0v) is 22.5. The molecule has 32 heavy (non-hydrogen) atoms. The Morgan fingerprint density at radius 3 is 2.88 bits per heavy atom. The Balaban J connectivity index is 0.00000363. The maximum atomic E-state index is 12.0. The van der Waals surface area contributed by atoms with Gasteiger partial charge >= 0.3 is 5.97 Å². The van der Waals surface area contributed by atoms with E-state index in [9.17, 15) is 4.79 Å². The molecule has 1 atom stereocenters. The molecule has 2 aromatic heterocycles. The van der Waals surface area contributed by atoms with E-state index in [4.69, 9.17) is 4.74 Å². The van der Waals surface area contributed by atoms with Gasteiger partial charge in [0.2, 0.25) is 0 Å². The first kappa shape index (κ1) is 26.5. The van der Waals surface area contributed by atoms with Crippen molar-refractivity contribution in [2.24, 2.45) is 4.99 Å². The first-order valence-corrected chi connectivity index (χ1v) is 11.9. The molecule has 3 heterocycles. The lowest BCUT2D eigenvalue weighted by molar-refractivity contribution is 0.0531. The highest BCUT2D eigenvalue weighted by atomic mass is 127. The molecule has 0 aliphatic carbocycles. The van der Waals surface area contributed by atoms with Crippen LogP contribution in [0.1, 0.15) is 77.6 Å². The second kappa shape index (κ2) is 13.1. The fraction of sp³-hybridized carbons (Fsp3) is 0.667. The third kappa shape index (κ3) is 6.87. The number of nitrogens with one attached hydrogen (secondary N) is 2. The van der Waals surface area contributed by atoms with E-state index in [1.54, 1.807) is 14.0 Å². The molecule has 1 unspecified atom stereocenters. The average molecular weight is 576 g/mol. The van der Waals surface area contributed by atoms with Crippen molar-refractivity contribution < 1.29 is 9.53 Å². The molecule has 1 aliphatic heterocycles. The minimum Gasteiger partial charge on any atom is -0.462 e. The van der Waals surface area contributed by atoms with Gasteiger partial charge in [-0.15, -0.1) is 45.5 Å². The van der Waals surface area contributed by atoms with E-state index in [-0.39, 0.29) is 36.0 Å². The summed E-state index contributed by atoms with van der Waals surface area (Å²) in [6.45, 7) is 7.80. The largest absolute Gasteiger partial charge is 0.462 e. The second-order valence-corrected chi connectivity index (χ2v) is 8.68. The van der Waals surface area contributed by atoms with E-state index in [1.807, 2.05) is 13.8 Å². The number of esters is 1. The summed E-state index contributed by atoms with van der Waals surface area (Å²) in [5.41, 5.74) is 0.697. The minimum absolute atomic E-state index is 0. The zero-order valence-electron chi connectivity index (χ0n) is 19.3. The van der Waals surface area contributed by atoms with Crippen molar-refractivity contribution in [3.05, 3.63) is 27.2 Å². The number of ether oxygens (including phenoxy) is 1. The summed E-state index contributed by atoms with van der Waals surface area (Å²) >= 11 is 1.36. The number of aromatic nitrogens is 4. The maximum absolute atomic E-state index is 12.0. The monoisotopic (exact) mass is 575 g/mol. The Hall–Kier alpha value is -1.76. The molecule has 1 aliphatic rings. The molecule has 2 N–H and O–H groups in total. The van der Waals surface area contributed by atoms with Gasteiger partial charge < -0.3 is 19.9 Å². The van der Waals surface area contributed by atoms with Crippen LogP contribution < -0.4 is 10.6 Å². The molecule has 0 spiro atoms. The molecular formula is C21H34IN7O2S. The predicted molar refractivity (Wildman–Crippen MR) is 137 cm³/mol. The summed E-state index contributed by atoms with van der Waals surface area (Å²) < 4.78 is 7.41. The van der Waals surface area contributed by atoms with Crippen LogP contribution in [0, 0.1) is 6.92 Å². The van der Waals surface area contributed by atoms with E-state index in [0.29, 0.717) is 23.1 Å². The van der Waals surface area contributed by atoms with Gasteiger partial charge in [0, 0.05) is 33.0 Å². The van der Waals surface area contributed by atoms with Crippen LogP contribution in [0.2, 0.25) is 0 Å². The van der Waals surface area contributed by atoms with Crippen molar-refractivity contribution in [2.45, 2.75) is 71.9 Å². The van der Waals surface area contributed by atoms with Gasteiger partial charge in [-0.1, -0.05) is 6.42 Å². The molecule has 0 radical (unpaired) electrons. The molecule has 2 aromatic rings. The molecule has 0 fully saturated rings. The van der Waals surface area contributed by atoms with Gasteiger partial charge in [0.05, 0.1) is 18.3 Å². The summed E-state index contributed by atoms with van der Waals surface area (Å²) in [4.78, 5) is 21.4. The molecule has 11 heteroatoms. The number of halogens is 1. The van der Waals surface area contributed by atoms with Crippen molar-refractivity contribution in [1.82, 2.24) is 30.4 Å². The van der Waals surface area contributed by atoms with Crippen LogP contribution in [0.25, 0.3) is 0 Å². The normalized spacial score (nSPS) is 14.7. The van der Waals surface area contributed by atoms with Crippen LogP contribution in [0.5, 0.6) is 0 Å². The summed E-state index contributed by atoms with van der Waals surface area (Å²) in [5, 5.41) is 16.3. The number of rotatable bonds is 8. The first-order chi connectivity index (χ1) is 15.0. The SMILES string of the molecule is CCOC(=O)c1sc(C(C)NC(=NC)NCCCc2nnc3n2CCCCC3)nc1C.I. The van der Waals surface area contributed by atoms with Crippen LogP contribution in [-0.2, 0) is 24.1 Å². The van der Waals surface area contributed by atoms with E-state index >= 15 is 0 Å². The first-order valence-electron chi connectivity index (χ1n) is 11.1. The highest BCUT2D eigenvalue weighted by Crippen LogP contribution is 2.24. The fourth-order valence-electron chi connectivity index (χ4n) is 3.63. The van der Waals surface area contributed by atoms with E-state index < -0.39 is 0 Å². The number of nitrogens with zero attached hydrogens (tertiary/aromatic N) is 5. The molecule has 9 nitrogen and oxygen atoms in total. The van der Waals surface area contributed by atoms with Crippen LogP contribution in [0.3, 0.4) is 0 Å². The fourth-order valence-corrected chi connectivity index (χ4v) is 4.60. The Bertz CT molecular complexity index is 912. The number of carbonyl (C=O) groups is 1. The van der Waals surface area contributed by atoms with E-state index in [2.05, 4.69) is 35.4 Å². The van der Waals surface area contributed by atoms with Gasteiger partial charge in [-0.25, -0.2) is 9.78 Å². The molecule has 0 amide bonds. The second-order valence-electron chi connectivity index (χ2n) is 7.65. The molecular weight excluding hydrogens is 541 g/mol. The van der Waals surface area contributed by atoms with Crippen molar-refractivity contribution in [2.75, 3.05) is 20.2 Å². The van der Waals surface area contributed by atoms with E-state index in [0.717, 1.165) is 49.0 Å². The van der Waals surface area contributed by atoms with Crippen LogP contribution >= 0.6 is 35.3 Å². The van der Waals surface area contributed by atoms with Crippen molar-refractivity contribution in [1.29, 1.82) is 0 Å². The molecule has 0 aromatic carbocycles. The Kier molecular flexibility index (Phi) is 10.8. The number of hydrogen-bond acceptors (Lipinski definition) is 7. The van der Waals surface area contributed by atoms with Gasteiger partial charge in [-0.05, 0) is 40.0 Å². The number of carbonyl (C=O) groups excluding carboxylic acids is 1. The van der Waals surface area contributed by atoms with Gasteiger partial charge in [-0.3, -0.25) is 4.99 Å². The van der Waals surface area contributed by atoms with Gasteiger partial charge in [0.1, 0.15) is 21.5 Å². The van der Waals surface area contributed by atoms with Crippen LogP contribution in [0.15, 0.2) is 4.99 Å². The molecule has 0 bridgehead atoms. The Labute approximate surface area is 210 Å². The summed E-state index contributed by atoms with van der Waals surface area (Å²) in [6.07, 6.45) is 6.55. The smallest absolute Gasteiger partial charge is 0.350 e. The van der Waals surface area contributed by atoms with Crippen molar-refractivity contribution in [3.63, 3.8) is 0 Å². The van der Waals surface area contributed by atoms with Crippen molar-refractivity contribution >= 4 is 47.2 Å². The topological polar surface area (TPSA) is 106 Å². The Morgan fingerprint density at radius 1 is 1.31 bits per heavy atom. The molecule has 0 saturated heterocycles. The Morgan fingerprint density at radius 2 is 2.12 bits per heavy atom. The maximum Gasteiger partial charge on any atom is 0.350 e. The number of aryl methyl sites for hydroxylation is 3. The summed E-state index contributed by atoms with van der Waals surface area (Å²) in [5.74, 6) is 2.61. The number of thiazole rings is 1. The zero-order chi connectivity index (χ0) is 22.2. The van der Waals surface area contributed by atoms with Gasteiger partial charge in [0.15, 0.2) is 5.96 Å².